The Morgan fingerprint density at radius 1 is 1.23 bits per heavy atom. The molecule has 210 valence electrons. The van der Waals surface area contributed by atoms with Crippen molar-refractivity contribution in [1.82, 2.24) is 14.8 Å². The van der Waals surface area contributed by atoms with Crippen LogP contribution in [0.1, 0.15) is 76.2 Å². The molecule has 0 saturated heterocycles. The smallest absolute Gasteiger partial charge is 0.333 e. The highest BCUT2D eigenvalue weighted by molar-refractivity contribution is 9.10. The summed E-state index contributed by atoms with van der Waals surface area (Å²) in [5.41, 5.74) is 3.50. The molecule has 10 heteroatoms. The molecule has 8 nitrogen and oxygen atoms in total. The predicted octanol–water partition coefficient (Wildman–Crippen LogP) is 5.14. The van der Waals surface area contributed by atoms with Crippen molar-refractivity contribution >= 4 is 45.1 Å². The molecule has 2 heterocycles. The van der Waals surface area contributed by atoms with E-state index in [2.05, 4.69) is 32.8 Å². The average molecular weight is 619 g/mol. The first-order valence-corrected chi connectivity index (χ1v) is 14.8. The molecule has 0 radical (unpaired) electrons. The van der Waals surface area contributed by atoms with Gasteiger partial charge in [0.05, 0.1) is 23.7 Å². The van der Waals surface area contributed by atoms with Crippen molar-refractivity contribution in [2.45, 2.75) is 71.4 Å². The number of amides is 2. The van der Waals surface area contributed by atoms with E-state index in [-0.39, 0.29) is 13.2 Å². The van der Waals surface area contributed by atoms with Crippen LogP contribution in [-0.2, 0) is 25.5 Å². The van der Waals surface area contributed by atoms with Gasteiger partial charge in [0.1, 0.15) is 11.4 Å². The first kappa shape index (κ1) is 30.6. The third-order valence-corrected chi connectivity index (χ3v) is 7.69. The number of esters is 1. The van der Waals surface area contributed by atoms with Crippen molar-refractivity contribution in [3.8, 4) is 17.6 Å². The molecular weight excluding hydrogens is 582 g/mol. The molecule has 39 heavy (non-hydrogen) atoms. The van der Waals surface area contributed by atoms with E-state index < -0.39 is 29.4 Å². The molecule has 2 amide bonds. The van der Waals surface area contributed by atoms with Gasteiger partial charge in [0, 0.05) is 30.4 Å². The van der Waals surface area contributed by atoms with Crippen LogP contribution >= 0.6 is 27.3 Å². The SMILES string of the molecule is CCOC(=O)C1c2cc(Br)c(OC)cc2CCN1C(=O)C(=O)N(CCCCCC#Cc1cscn1)C(C)(C)C. The standard InChI is InChI=1S/C29H36BrN3O5S/c1-6-38-28(36)25-22-17-23(30)24(37-5)16-20(22)13-15-32(25)26(34)27(35)33(29(2,3)4)14-11-9-7-8-10-12-21-18-39-19-31-21/h16-19,25H,6-9,11,13-15H2,1-5H3. The number of carbonyl (C=O) groups is 3. The fourth-order valence-electron chi connectivity index (χ4n) is 4.54. The van der Waals surface area contributed by atoms with Crippen LogP contribution in [0.4, 0.5) is 0 Å². The number of halogens is 1. The number of benzene rings is 1. The lowest BCUT2D eigenvalue weighted by Crippen LogP contribution is -2.55. The second-order valence-electron chi connectivity index (χ2n) is 10.2. The summed E-state index contributed by atoms with van der Waals surface area (Å²) in [7, 11) is 1.57. The maximum Gasteiger partial charge on any atom is 0.333 e. The number of aromatic nitrogens is 1. The van der Waals surface area contributed by atoms with Gasteiger partial charge in [0.2, 0.25) is 0 Å². The van der Waals surface area contributed by atoms with Crippen LogP contribution in [0.3, 0.4) is 0 Å². The molecular formula is C29H36BrN3O5S. The van der Waals surface area contributed by atoms with E-state index in [9.17, 15) is 14.4 Å². The Kier molecular flexibility index (Phi) is 11.0. The highest BCUT2D eigenvalue weighted by Gasteiger charge is 2.42. The van der Waals surface area contributed by atoms with Crippen LogP contribution < -0.4 is 4.74 Å². The molecule has 1 atom stereocenters. The third kappa shape index (κ3) is 7.83. The quantitative estimate of drug-likeness (QED) is 0.176. The van der Waals surface area contributed by atoms with Gasteiger partial charge in [-0.1, -0.05) is 12.3 Å². The van der Waals surface area contributed by atoms with Gasteiger partial charge < -0.3 is 19.3 Å². The summed E-state index contributed by atoms with van der Waals surface area (Å²) in [5, 5.41) is 1.92. The zero-order valence-electron chi connectivity index (χ0n) is 23.2. The van der Waals surface area contributed by atoms with Gasteiger partial charge in [-0.25, -0.2) is 9.78 Å². The number of ether oxygens (including phenoxy) is 2. The van der Waals surface area contributed by atoms with Gasteiger partial charge in [-0.3, -0.25) is 9.59 Å². The van der Waals surface area contributed by atoms with E-state index in [1.807, 2.05) is 32.2 Å². The Hall–Kier alpha value is -2.90. The molecule has 3 rings (SSSR count). The van der Waals surface area contributed by atoms with E-state index in [1.54, 1.807) is 30.5 Å². The summed E-state index contributed by atoms with van der Waals surface area (Å²) in [6, 6.07) is 2.63. The summed E-state index contributed by atoms with van der Waals surface area (Å²) >= 11 is 5.00. The number of nitrogens with zero attached hydrogens (tertiary/aromatic N) is 3. The summed E-state index contributed by atoms with van der Waals surface area (Å²) in [4.78, 5) is 47.5. The van der Waals surface area contributed by atoms with Gasteiger partial charge in [-0.15, -0.1) is 11.3 Å². The zero-order valence-corrected chi connectivity index (χ0v) is 25.6. The van der Waals surface area contributed by atoms with Crippen molar-refractivity contribution < 1.29 is 23.9 Å². The van der Waals surface area contributed by atoms with Crippen LogP contribution in [-0.4, -0.2) is 64.9 Å². The normalized spacial score (nSPS) is 14.6. The Balaban J connectivity index is 1.72. The van der Waals surface area contributed by atoms with E-state index in [1.165, 1.54) is 16.2 Å². The predicted molar refractivity (Wildman–Crippen MR) is 154 cm³/mol. The Morgan fingerprint density at radius 2 is 2.00 bits per heavy atom. The Bertz CT molecular complexity index is 1230. The summed E-state index contributed by atoms with van der Waals surface area (Å²) in [6.07, 6.45) is 3.74. The summed E-state index contributed by atoms with van der Waals surface area (Å²) < 4.78 is 11.4. The van der Waals surface area contributed by atoms with Crippen molar-refractivity contribution in [1.29, 1.82) is 0 Å². The lowest BCUT2D eigenvalue weighted by Gasteiger charge is -2.39. The second kappa shape index (κ2) is 13.9. The highest BCUT2D eigenvalue weighted by Crippen LogP contribution is 2.38. The van der Waals surface area contributed by atoms with Gasteiger partial charge in [0.25, 0.3) is 0 Å². The molecule has 1 aromatic carbocycles. The molecule has 0 saturated carbocycles. The number of unbranched alkanes of at least 4 members (excludes halogenated alkanes) is 3. The van der Waals surface area contributed by atoms with Crippen LogP contribution in [0.25, 0.3) is 0 Å². The molecule has 1 aromatic heterocycles. The molecule has 0 spiro atoms. The lowest BCUT2D eigenvalue weighted by molar-refractivity contribution is -0.162. The van der Waals surface area contributed by atoms with Gasteiger partial charge in [-0.2, -0.15) is 0 Å². The molecule has 0 N–H and O–H groups in total. The van der Waals surface area contributed by atoms with E-state index in [0.29, 0.717) is 28.8 Å². The number of rotatable bonds is 8. The van der Waals surface area contributed by atoms with Crippen LogP contribution in [0.2, 0.25) is 0 Å². The summed E-state index contributed by atoms with van der Waals surface area (Å²) in [6.45, 7) is 8.28. The van der Waals surface area contributed by atoms with Crippen molar-refractivity contribution in [2.24, 2.45) is 0 Å². The van der Waals surface area contributed by atoms with Crippen LogP contribution in [0.15, 0.2) is 27.5 Å². The summed E-state index contributed by atoms with van der Waals surface area (Å²) in [5.74, 6) is 4.94. The minimum Gasteiger partial charge on any atom is -0.496 e. The molecule has 0 bridgehead atoms. The maximum atomic E-state index is 13.7. The topological polar surface area (TPSA) is 89.0 Å². The molecule has 1 aliphatic heterocycles. The molecule has 1 aliphatic rings. The van der Waals surface area contributed by atoms with Crippen molar-refractivity contribution in [3.05, 3.63) is 44.3 Å². The van der Waals surface area contributed by atoms with E-state index in [0.717, 1.165) is 36.9 Å². The van der Waals surface area contributed by atoms with Gasteiger partial charge in [0.15, 0.2) is 6.04 Å². The number of hydrogen-bond donors (Lipinski definition) is 0. The first-order valence-electron chi connectivity index (χ1n) is 13.1. The van der Waals surface area contributed by atoms with E-state index >= 15 is 0 Å². The first-order chi connectivity index (χ1) is 18.6. The monoisotopic (exact) mass is 617 g/mol. The average Bonchev–Trinajstić information content (AvgIpc) is 3.41. The number of hydrogen-bond acceptors (Lipinski definition) is 7. The highest BCUT2D eigenvalue weighted by atomic mass is 79.9. The van der Waals surface area contributed by atoms with Crippen LogP contribution in [0.5, 0.6) is 5.75 Å². The Labute approximate surface area is 243 Å². The second-order valence-corrected chi connectivity index (χ2v) is 11.8. The largest absolute Gasteiger partial charge is 0.496 e. The minimum atomic E-state index is -1.01. The van der Waals surface area contributed by atoms with E-state index in [4.69, 9.17) is 9.47 Å². The minimum absolute atomic E-state index is 0.167. The Morgan fingerprint density at radius 3 is 2.64 bits per heavy atom. The zero-order chi connectivity index (χ0) is 28.6. The van der Waals surface area contributed by atoms with Crippen molar-refractivity contribution in [2.75, 3.05) is 26.8 Å². The number of methoxy groups -OCH3 is 1. The van der Waals surface area contributed by atoms with Gasteiger partial charge >= 0.3 is 17.8 Å². The molecule has 0 aliphatic carbocycles. The number of thiazole rings is 1. The number of carbonyl (C=O) groups excluding carboxylic acids is 3. The third-order valence-electron chi connectivity index (χ3n) is 6.48. The molecule has 2 aromatic rings. The maximum absolute atomic E-state index is 13.7. The molecule has 0 fully saturated rings. The fraction of sp³-hybridized carbons (Fsp3) is 0.517. The van der Waals surface area contributed by atoms with Gasteiger partial charge in [-0.05, 0) is 92.1 Å². The fourth-order valence-corrected chi connectivity index (χ4v) is 5.54. The van der Waals surface area contributed by atoms with Crippen LogP contribution in [0, 0.1) is 11.8 Å². The number of fused-ring (bicyclic) bond motifs is 1. The van der Waals surface area contributed by atoms with Crippen molar-refractivity contribution in [3.63, 3.8) is 0 Å². The lowest BCUT2D eigenvalue weighted by atomic mass is 9.91. The molecule has 1 unspecified atom stereocenters.